The Morgan fingerprint density at radius 3 is 1.89 bits per heavy atom. The summed E-state index contributed by atoms with van der Waals surface area (Å²) in [6, 6.07) is 13.1. The summed E-state index contributed by atoms with van der Waals surface area (Å²) in [6.07, 6.45) is 15.4. The number of hydrogen-bond donors (Lipinski definition) is 1. The predicted octanol–water partition coefficient (Wildman–Crippen LogP) is 9.45. The zero-order valence-corrected chi connectivity index (χ0v) is 22.6. The molecule has 36 heavy (non-hydrogen) atoms. The Labute approximate surface area is 216 Å². The Bertz CT molecular complexity index is 1080. The van der Waals surface area contributed by atoms with Gasteiger partial charge in [-0.25, -0.2) is 13.9 Å². The van der Waals surface area contributed by atoms with Gasteiger partial charge in [-0.15, -0.1) is 0 Å². The molecule has 0 radical (unpaired) electrons. The number of carboxylic acid groups (broad SMARTS) is 1. The van der Waals surface area contributed by atoms with E-state index < -0.39 is 18.8 Å². The lowest BCUT2D eigenvalue weighted by atomic mass is 9.77. The molecule has 0 atom stereocenters. The third kappa shape index (κ3) is 6.20. The van der Waals surface area contributed by atoms with E-state index in [0.29, 0.717) is 30.2 Å². The maximum atomic E-state index is 13.2. The molecule has 2 saturated carbocycles. The van der Waals surface area contributed by atoms with Gasteiger partial charge in [-0.1, -0.05) is 94.5 Å². The van der Waals surface area contributed by atoms with Gasteiger partial charge >= 0.3 is 13.6 Å². The van der Waals surface area contributed by atoms with E-state index in [9.17, 15) is 19.0 Å². The molecule has 2 fully saturated rings. The second-order valence-corrected chi connectivity index (χ2v) is 12.6. The van der Waals surface area contributed by atoms with Gasteiger partial charge in [0.2, 0.25) is 0 Å². The average molecular weight is 509 g/mol. The molecule has 194 valence electrons. The summed E-state index contributed by atoms with van der Waals surface area (Å²) >= 11 is 0. The van der Waals surface area contributed by atoms with Gasteiger partial charge in [-0.3, -0.25) is 0 Å². The minimum Gasteiger partial charge on any atom is -0.478 e. The fourth-order valence-corrected chi connectivity index (χ4v) is 7.63. The monoisotopic (exact) mass is 508 g/mol. The van der Waals surface area contributed by atoms with Crippen molar-refractivity contribution in [3.63, 3.8) is 0 Å². The second-order valence-electron chi connectivity index (χ2n) is 11.3. The fraction of sp³-hybridized carbons (Fsp3) is 0.581. The Morgan fingerprint density at radius 2 is 1.39 bits per heavy atom. The van der Waals surface area contributed by atoms with Crippen molar-refractivity contribution in [1.82, 2.24) is 0 Å². The summed E-state index contributed by atoms with van der Waals surface area (Å²) in [4.78, 5) is 12.1. The molecule has 0 bridgehead atoms. The van der Waals surface area contributed by atoms with Crippen molar-refractivity contribution in [2.75, 3.05) is 0 Å². The van der Waals surface area contributed by atoms with Crippen molar-refractivity contribution < 1.29 is 19.0 Å². The molecule has 0 unspecified atom stereocenters. The number of hydrogen-bond acceptors (Lipinski definition) is 3. The molecular formula is C31H41O4P. The van der Waals surface area contributed by atoms with E-state index in [2.05, 4.69) is 0 Å². The van der Waals surface area contributed by atoms with Gasteiger partial charge < -0.3 is 5.11 Å². The number of carboxylic acids is 1. The Hall–Kier alpha value is -2.19. The third-order valence-corrected chi connectivity index (χ3v) is 10.4. The van der Waals surface area contributed by atoms with E-state index in [-0.39, 0.29) is 5.56 Å². The van der Waals surface area contributed by atoms with Crippen LogP contribution in [0, 0.1) is 18.8 Å². The van der Waals surface area contributed by atoms with Crippen LogP contribution in [0.4, 0.5) is 0 Å². The van der Waals surface area contributed by atoms with Gasteiger partial charge in [0.1, 0.15) is 5.16 Å². The van der Waals surface area contributed by atoms with Crippen LogP contribution in [0.1, 0.15) is 111 Å². The largest absolute Gasteiger partial charge is 0.478 e. The molecule has 2 aliphatic carbocycles. The van der Waals surface area contributed by atoms with Crippen molar-refractivity contribution in [2.45, 2.75) is 102 Å². The number of carbonyl (C=O) groups is 1. The topological polar surface area (TPSA) is 71.4 Å². The van der Waals surface area contributed by atoms with Crippen LogP contribution in [0.5, 0.6) is 0 Å². The van der Waals surface area contributed by atoms with Gasteiger partial charge in [0.25, 0.3) is 0 Å². The second kappa shape index (κ2) is 12.4. The lowest BCUT2D eigenvalue weighted by Crippen LogP contribution is -2.24. The number of rotatable bonds is 10. The fourth-order valence-electron chi connectivity index (χ4n) is 6.66. The molecule has 0 amide bonds. The molecule has 5 heteroatoms. The van der Waals surface area contributed by atoms with Crippen molar-refractivity contribution in [3.8, 4) is 11.1 Å². The molecule has 4 nitrogen and oxygen atoms in total. The molecule has 4 rings (SSSR count). The van der Waals surface area contributed by atoms with E-state index >= 15 is 0 Å². The molecule has 0 aromatic heterocycles. The zero-order chi connectivity index (χ0) is 25.5. The summed E-state index contributed by atoms with van der Waals surface area (Å²) in [5.74, 6) is 0.204. The summed E-state index contributed by atoms with van der Waals surface area (Å²) in [5.41, 5.74) is 3.45. The Morgan fingerprint density at radius 1 is 0.833 bits per heavy atom. The maximum absolute atomic E-state index is 13.2. The van der Waals surface area contributed by atoms with E-state index in [4.69, 9.17) is 0 Å². The minimum absolute atomic E-state index is 0.225. The van der Waals surface area contributed by atoms with E-state index in [0.717, 1.165) is 29.5 Å². The van der Waals surface area contributed by atoms with Crippen LogP contribution in [0.3, 0.4) is 0 Å². The van der Waals surface area contributed by atoms with Gasteiger partial charge in [0, 0.05) is 0 Å². The summed E-state index contributed by atoms with van der Waals surface area (Å²) in [5, 5.41) is 9.00. The molecule has 0 saturated heterocycles. The highest BCUT2D eigenvalue weighted by atomic mass is 31.1. The van der Waals surface area contributed by atoms with E-state index in [1.807, 2.05) is 37.3 Å². The summed E-state index contributed by atoms with van der Waals surface area (Å²) in [6.45, 7) is 1.97. The molecule has 2 aromatic rings. The van der Waals surface area contributed by atoms with Crippen LogP contribution in [0.25, 0.3) is 11.1 Å². The standard InChI is InChI=1S/C31H41O4P/c1-23-10-8-9-15-27(23)29-22-26(16-17-28(29)30(32)33)31(36(34)35,20-18-24-11-4-2-5-12-24)21-19-25-13-6-3-7-14-25/h8-10,15-17,22,24-25H,2-7,11-14,18-21H2,1H3,(H,32,33). The highest BCUT2D eigenvalue weighted by molar-refractivity contribution is 7.32. The third-order valence-electron chi connectivity index (χ3n) is 8.95. The van der Waals surface area contributed by atoms with E-state index in [1.54, 1.807) is 12.1 Å². The first-order chi connectivity index (χ1) is 17.4. The molecular weight excluding hydrogens is 467 g/mol. The first-order valence-electron chi connectivity index (χ1n) is 14.0. The van der Waals surface area contributed by atoms with Crippen LogP contribution in [-0.4, -0.2) is 11.1 Å². The Kier molecular flexibility index (Phi) is 9.23. The van der Waals surface area contributed by atoms with Crippen molar-refractivity contribution in [1.29, 1.82) is 0 Å². The van der Waals surface area contributed by atoms with Crippen molar-refractivity contribution in [3.05, 3.63) is 59.2 Å². The molecule has 1 N–H and O–H groups in total. The summed E-state index contributed by atoms with van der Waals surface area (Å²) < 4.78 is 26.4. The van der Waals surface area contributed by atoms with Crippen LogP contribution < -0.4 is 0 Å². The smallest absolute Gasteiger partial charge is 0.336 e. The molecule has 0 heterocycles. The summed E-state index contributed by atoms with van der Waals surface area (Å²) in [7, 11) is -2.74. The van der Waals surface area contributed by atoms with Crippen molar-refractivity contribution in [2.24, 2.45) is 11.8 Å². The van der Waals surface area contributed by atoms with Crippen LogP contribution in [-0.2, 0) is 14.3 Å². The highest BCUT2D eigenvalue weighted by Crippen LogP contribution is 2.51. The van der Waals surface area contributed by atoms with Gasteiger partial charge in [0.05, 0.1) is 5.56 Å². The van der Waals surface area contributed by atoms with Crippen LogP contribution >= 0.6 is 7.68 Å². The minimum atomic E-state index is -2.74. The molecule has 2 aromatic carbocycles. The van der Waals surface area contributed by atoms with Crippen molar-refractivity contribution >= 4 is 13.6 Å². The SMILES string of the molecule is Cc1ccccc1-c1cc(C(CCC2CCCCC2)(CCC2CCCCC2)P(=O)=O)ccc1C(=O)O. The van der Waals surface area contributed by atoms with Gasteiger partial charge in [-0.2, -0.15) is 0 Å². The zero-order valence-electron chi connectivity index (χ0n) is 21.7. The predicted molar refractivity (Wildman–Crippen MR) is 145 cm³/mol. The lowest BCUT2D eigenvalue weighted by molar-refractivity contribution is 0.0697. The number of aryl methyl sites for hydroxylation is 1. The quantitative estimate of drug-likeness (QED) is 0.324. The molecule has 0 aliphatic heterocycles. The normalized spacial score (nSPS) is 17.7. The maximum Gasteiger partial charge on any atom is 0.336 e. The number of benzene rings is 2. The Balaban J connectivity index is 1.75. The van der Waals surface area contributed by atoms with Gasteiger partial charge in [-0.05, 0) is 78.8 Å². The average Bonchev–Trinajstić information content (AvgIpc) is 2.90. The van der Waals surface area contributed by atoms with Crippen LogP contribution in [0.2, 0.25) is 0 Å². The number of aromatic carboxylic acids is 1. The van der Waals surface area contributed by atoms with Gasteiger partial charge in [0.15, 0.2) is 0 Å². The molecule has 0 spiro atoms. The highest BCUT2D eigenvalue weighted by Gasteiger charge is 2.40. The first kappa shape index (κ1) is 26.9. The molecule has 2 aliphatic rings. The van der Waals surface area contributed by atoms with E-state index in [1.165, 1.54) is 64.2 Å². The first-order valence-corrected chi connectivity index (χ1v) is 15.2. The lowest BCUT2D eigenvalue weighted by Gasteiger charge is -2.33. The van der Waals surface area contributed by atoms with Crippen LogP contribution in [0.15, 0.2) is 42.5 Å².